The molecule has 2 aromatic rings. The van der Waals surface area contributed by atoms with Gasteiger partial charge in [-0.25, -0.2) is 0 Å². The normalized spacial score (nSPS) is 24.0. The number of halogens is 1. The molecule has 128 valence electrons. The maximum absolute atomic E-state index is 2.53. The molecule has 26 heavy (non-hydrogen) atoms. The van der Waals surface area contributed by atoms with Crippen molar-refractivity contribution < 1.29 is 0 Å². The van der Waals surface area contributed by atoms with Crippen LogP contribution >= 0.6 is 22.6 Å². The van der Waals surface area contributed by atoms with Gasteiger partial charge in [0.2, 0.25) is 0 Å². The van der Waals surface area contributed by atoms with Gasteiger partial charge in [0.25, 0.3) is 0 Å². The summed E-state index contributed by atoms with van der Waals surface area (Å²) >= 11 is 2.53. The topological polar surface area (TPSA) is 0 Å². The van der Waals surface area contributed by atoms with E-state index in [9.17, 15) is 0 Å². The molecule has 5 rings (SSSR count). The van der Waals surface area contributed by atoms with E-state index >= 15 is 0 Å². The Morgan fingerprint density at radius 3 is 2.46 bits per heavy atom. The lowest BCUT2D eigenvalue weighted by atomic mass is 9.65. The lowest BCUT2D eigenvalue weighted by molar-refractivity contribution is 0.741. The zero-order valence-corrected chi connectivity index (χ0v) is 16.9. The highest BCUT2D eigenvalue weighted by Crippen LogP contribution is 2.58. The van der Waals surface area contributed by atoms with E-state index < -0.39 is 0 Å². The Hall–Kier alpha value is -1.87. The molecule has 0 fully saturated rings. The van der Waals surface area contributed by atoms with Gasteiger partial charge in [0, 0.05) is 0 Å². The molecule has 0 saturated carbocycles. The van der Waals surface area contributed by atoms with E-state index in [1.165, 1.54) is 31.4 Å². The van der Waals surface area contributed by atoms with Crippen LogP contribution in [0, 0.1) is 0 Å². The molecule has 2 aromatic carbocycles. The van der Waals surface area contributed by atoms with Gasteiger partial charge in [-0.2, -0.15) is 0 Å². The van der Waals surface area contributed by atoms with Crippen molar-refractivity contribution in [3.05, 3.63) is 110 Å². The number of hydrogen-bond donors (Lipinski definition) is 0. The van der Waals surface area contributed by atoms with Crippen molar-refractivity contribution in [2.45, 2.75) is 31.1 Å². The quantitative estimate of drug-likeness (QED) is 0.429. The standard InChI is InChI=1S/C25H21I/c26-20-15-16-22-21-13-7-8-14-23(21)25(24(22)17-20,18-9-3-1-4-10-18)19-11-5-2-6-12-19/h1,3-5,7-14,17H,2,6,15-16H2. The third-order valence-electron chi connectivity index (χ3n) is 5.93. The minimum atomic E-state index is -0.166. The summed E-state index contributed by atoms with van der Waals surface area (Å²) in [5.74, 6) is 0. The van der Waals surface area contributed by atoms with Crippen LogP contribution in [0.4, 0.5) is 0 Å². The molecule has 0 saturated heterocycles. The van der Waals surface area contributed by atoms with Gasteiger partial charge in [0.05, 0.1) is 5.41 Å². The van der Waals surface area contributed by atoms with E-state index in [1.807, 2.05) is 0 Å². The van der Waals surface area contributed by atoms with E-state index in [2.05, 4.69) is 101 Å². The van der Waals surface area contributed by atoms with E-state index in [0.717, 1.165) is 25.7 Å². The Morgan fingerprint density at radius 2 is 1.65 bits per heavy atom. The highest BCUT2D eigenvalue weighted by Gasteiger charge is 2.48. The Labute approximate surface area is 169 Å². The lowest BCUT2D eigenvalue weighted by Crippen LogP contribution is -2.30. The molecule has 0 amide bonds. The smallest absolute Gasteiger partial charge is 0.0707 e. The summed E-state index contributed by atoms with van der Waals surface area (Å²) in [4.78, 5) is 0. The number of allylic oxidation sites excluding steroid dienone is 8. The van der Waals surface area contributed by atoms with E-state index in [4.69, 9.17) is 0 Å². The Morgan fingerprint density at radius 1 is 0.846 bits per heavy atom. The molecule has 0 radical (unpaired) electrons. The third-order valence-corrected chi connectivity index (χ3v) is 6.79. The Kier molecular flexibility index (Phi) is 4.00. The summed E-state index contributed by atoms with van der Waals surface area (Å²) in [5, 5.41) is 0. The van der Waals surface area contributed by atoms with E-state index in [1.54, 1.807) is 5.57 Å². The van der Waals surface area contributed by atoms with Crippen molar-refractivity contribution >= 4 is 28.2 Å². The van der Waals surface area contributed by atoms with Gasteiger partial charge in [-0.1, -0.05) is 72.8 Å². The molecule has 1 atom stereocenters. The van der Waals surface area contributed by atoms with Crippen LogP contribution in [0.3, 0.4) is 0 Å². The first-order chi connectivity index (χ1) is 12.8. The SMILES string of the molecule is IC1=CC2=C(CC1)c1ccccc1C2(C1=CCCC=C1)c1ccccc1. The molecule has 0 nitrogen and oxygen atoms in total. The minimum absolute atomic E-state index is 0.166. The number of benzene rings is 2. The summed E-state index contributed by atoms with van der Waals surface area (Å²) in [6.07, 6.45) is 14.2. The average Bonchev–Trinajstić information content (AvgIpc) is 3.00. The highest BCUT2D eigenvalue weighted by molar-refractivity contribution is 14.1. The van der Waals surface area contributed by atoms with Gasteiger partial charge in [-0.05, 0) is 91.3 Å². The van der Waals surface area contributed by atoms with Crippen molar-refractivity contribution in [1.29, 1.82) is 0 Å². The molecule has 0 bridgehead atoms. The van der Waals surface area contributed by atoms with Crippen LogP contribution in [0.2, 0.25) is 0 Å². The molecular formula is C25H21I. The van der Waals surface area contributed by atoms with Crippen molar-refractivity contribution in [3.63, 3.8) is 0 Å². The van der Waals surface area contributed by atoms with E-state index in [-0.39, 0.29) is 5.41 Å². The van der Waals surface area contributed by atoms with Crippen LogP contribution in [-0.2, 0) is 5.41 Å². The fourth-order valence-corrected chi connectivity index (χ4v) is 5.48. The maximum Gasteiger partial charge on any atom is 0.0707 e. The third kappa shape index (κ3) is 2.26. The van der Waals surface area contributed by atoms with Crippen molar-refractivity contribution in [2.24, 2.45) is 0 Å². The Bertz CT molecular complexity index is 988. The molecular weight excluding hydrogens is 427 g/mol. The summed E-state index contributed by atoms with van der Waals surface area (Å²) in [7, 11) is 0. The second-order valence-electron chi connectivity index (χ2n) is 7.28. The largest absolute Gasteiger partial charge is 0.0839 e. The minimum Gasteiger partial charge on any atom is -0.0839 e. The van der Waals surface area contributed by atoms with Gasteiger partial charge in [0.1, 0.15) is 0 Å². The summed E-state index contributed by atoms with van der Waals surface area (Å²) in [5.41, 5.74) is 8.61. The first kappa shape index (κ1) is 16.3. The molecule has 0 aromatic heterocycles. The van der Waals surface area contributed by atoms with Gasteiger partial charge in [-0.15, -0.1) is 0 Å². The Balaban J connectivity index is 1.91. The van der Waals surface area contributed by atoms with Crippen LogP contribution < -0.4 is 0 Å². The van der Waals surface area contributed by atoms with Crippen LogP contribution in [0.5, 0.6) is 0 Å². The highest BCUT2D eigenvalue weighted by atomic mass is 127. The maximum atomic E-state index is 2.53. The molecule has 3 aliphatic rings. The molecule has 0 N–H and O–H groups in total. The number of fused-ring (bicyclic) bond motifs is 2. The first-order valence-electron chi connectivity index (χ1n) is 9.44. The van der Waals surface area contributed by atoms with E-state index in [0.29, 0.717) is 0 Å². The lowest BCUT2D eigenvalue weighted by Gasteiger charge is -2.37. The monoisotopic (exact) mass is 448 g/mol. The summed E-state index contributed by atoms with van der Waals surface area (Å²) in [6, 6.07) is 20.2. The van der Waals surface area contributed by atoms with Crippen molar-refractivity contribution in [1.82, 2.24) is 0 Å². The predicted octanol–water partition coefficient (Wildman–Crippen LogP) is 7.13. The van der Waals surface area contributed by atoms with Crippen LogP contribution in [0.25, 0.3) is 5.57 Å². The summed E-state index contributed by atoms with van der Waals surface area (Å²) < 4.78 is 1.47. The molecule has 0 aliphatic heterocycles. The van der Waals surface area contributed by atoms with Crippen LogP contribution in [0.15, 0.2) is 93.6 Å². The van der Waals surface area contributed by atoms with Gasteiger partial charge >= 0.3 is 0 Å². The number of hydrogen-bond acceptors (Lipinski definition) is 0. The first-order valence-corrected chi connectivity index (χ1v) is 10.5. The van der Waals surface area contributed by atoms with Crippen LogP contribution in [0.1, 0.15) is 42.4 Å². The zero-order valence-electron chi connectivity index (χ0n) is 14.7. The predicted molar refractivity (Wildman–Crippen MR) is 118 cm³/mol. The number of rotatable bonds is 2. The molecule has 0 heterocycles. The molecule has 1 unspecified atom stereocenters. The van der Waals surface area contributed by atoms with Crippen molar-refractivity contribution in [3.8, 4) is 0 Å². The second-order valence-corrected chi connectivity index (χ2v) is 8.67. The van der Waals surface area contributed by atoms with Gasteiger partial charge in [-0.3, -0.25) is 0 Å². The fourth-order valence-electron chi connectivity index (χ4n) is 4.90. The second kappa shape index (κ2) is 6.38. The zero-order chi connectivity index (χ0) is 17.6. The summed E-state index contributed by atoms with van der Waals surface area (Å²) in [6.45, 7) is 0. The van der Waals surface area contributed by atoms with Gasteiger partial charge < -0.3 is 0 Å². The van der Waals surface area contributed by atoms with Crippen molar-refractivity contribution in [2.75, 3.05) is 0 Å². The molecule has 1 heteroatoms. The molecule has 3 aliphatic carbocycles. The molecule has 0 spiro atoms. The fraction of sp³-hybridized carbons (Fsp3) is 0.200. The van der Waals surface area contributed by atoms with Gasteiger partial charge in [0.15, 0.2) is 0 Å². The average molecular weight is 448 g/mol. The van der Waals surface area contributed by atoms with Crippen LogP contribution in [-0.4, -0.2) is 0 Å².